The van der Waals surface area contributed by atoms with E-state index in [4.69, 9.17) is 14.4 Å². The molecule has 0 aliphatic carbocycles. The lowest BCUT2D eigenvalue weighted by atomic mass is 10.1. The SMILES string of the molecule is COCCONC(=O)C1CC(c2ccccc2)=NO1. The van der Waals surface area contributed by atoms with Crippen molar-refractivity contribution in [3.63, 3.8) is 0 Å². The first-order valence-electron chi connectivity index (χ1n) is 6.00. The Morgan fingerprint density at radius 3 is 2.95 bits per heavy atom. The average molecular weight is 264 g/mol. The van der Waals surface area contributed by atoms with Crippen molar-refractivity contribution in [1.29, 1.82) is 0 Å². The van der Waals surface area contributed by atoms with Gasteiger partial charge in [0.05, 0.1) is 18.9 Å². The summed E-state index contributed by atoms with van der Waals surface area (Å²) in [6.45, 7) is 0.707. The van der Waals surface area contributed by atoms with E-state index in [0.717, 1.165) is 11.3 Å². The molecule has 1 N–H and O–H groups in total. The molecule has 0 spiro atoms. The van der Waals surface area contributed by atoms with Crippen molar-refractivity contribution < 1.29 is 19.2 Å². The normalized spacial score (nSPS) is 17.7. The molecule has 19 heavy (non-hydrogen) atoms. The van der Waals surface area contributed by atoms with Crippen molar-refractivity contribution in [3.05, 3.63) is 35.9 Å². The number of amides is 1. The Morgan fingerprint density at radius 1 is 1.42 bits per heavy atom. The van der Waals surface area contributed by atoms with Gasteiger partial charge in [0.15, 0.2) is 0 Å². The third-order valence-electron chi connectivity index (χ3n) is 2.63. The van der Waals surface area contributed by atoms with E-state index in [1.165, 1.54) is 0 Å². The summed E-state index contributed by atoms with van der Waals surface area (Å²) in [7, 11) is 1.56. The van der Waals surface area contributed by atoms with E-state index in [1.807, 2.05) is 30.3 Å². The number of carbonyl (C=O) groups is 1. The Labute approximate surface area is 111 Å². The van der Waals surface area contributed by atoms with Gasteiger partial charge in [-0.3, -0.25) is 9.63 Å². The summed E-state index contributed by atoms with van der Waals surface area (Å²) in [4.78, 5) is 21.7. The first-order valence-corrected chi connectivity index (χ1v) is 6.00. The van der Waals surface area contributed by atoms with Crippen LogP contribution in [0.4, 0.5) is 0 Å². The van der Waals surface area contributed by atoms with Gasteiger partial charge in [-0.1, -0.05) is 35.5 Å². The quantitative estimate of drug-likeness (QED) is 0.611. The first kappa shape index (κ1) is 13.5. The molecule has 1 unspecified atom stereocenters. The molecule has 1 atom stereocenters. The zero-order valence-electron chi connectivity index (χ0n) is 10.7. The van der Waals surface area contributed by atoms with Crippen molar-refractivity contribution >= 4 is 11.6 Å². The van der Waals surface area contributed by atoms with Gasteiger partial charge in [0.1, 0.15) is 0 Å². The van der Waals surface area contributed by atoms with Gasteiger partial charge in [-0.25, -0.2) is 5.48 Å². The average Bonchev–Trinajstić information content (AvgIpc) is 2.94. The van der Waals surface area contributed by atoms with E-state index in [9.17, 15) is 4.79 Å². The number of ether oxygens (including phenoxy) is 1. The second kappa shape index (κ2) is 6.86. The second-order valence-corrected chi connectivity index (χ2v) is 4.01. The molecule has 2 rings (SSSR count). The van der Waals surface area contributed by atoms with E-state index in [-0.39, 0.29) is 5.91 Å². The van der Waals surface area contributed by atoms with Crippen LogP contribution in [0.15, 0.2) is 35.5 Å². The Bertz CT molecular complexity index is 447. The predicted molar refractivity (Wildman–Crippen MR) is 68.4 cm³/mol. The molecule has 1 aliphatic heterocycles. The van der Waals surface area contributed by atoms with Crippen LogP contribution in [-0.4, -0.2) is 38.0 Å². The molecule has 1 aromatic rings. The number of nitrogens with one attached hydrogen (secondary N) is 1. The fourth-order valence-corrected chi connectivity index (χ4v) is 1.63. The molecule has 0 saturated heterocycles. The maximum Gasteiger partial charge on any atom is 0.287 e. The molecule has 6 heteroatoms. The van der Waals surface area contributed by atoms with Gasteiger partial charge in [-0.05, 0) is 5.56 Å². The summed E-state index contributed by atoms with van der Waals surface area (Å²) in [6, 6.07) is 9.61. The number of methoxy groups -OCH3 is 1. The molecule has 6 nitrogen and oxygen atoms in total. The molecule has 102 valence electrons. The highest BCUT2D eigenvalue weighted by molar-refractivity contribution is 6.03. The fraction of sp³-hybridized carbons (Fsp3) is 0.385. The number of hydroxylamine groups is 1. The Hall–Kier alpha value is -1.92. The molecular formula is C13H16N2O4. The summed E-state index contributed by atoms with van der Waals surface area (Å²) in [5.41, 5.74) is 4.03. The van der Waals surface area contributed by atoms with E-state index < -0.39 is 6.10 Å². The molecule has 0 bridgehead atoms. The lowest BCUT2D eigenvalue weighted by molar-refractivity contribution is -0.145. The van der Waals surface area contributed by atoms with E-state index in [1.54, 1.807) is 7.11 Å². The van der Waals surface area contributed by atoms with Crippen LogP contribution in [0, 0.1) is 0 Å². The number of carbonyl (C=O) groups excluding carboxylic acids is 1. The summed E-state index contributed by atoms with van der Waals surface area (Å²) >= 11 is 0. The number of benzene rings is 1. The third kappa shape index (κ3) is 3.77. The van der Waals surface area contributed by atoms with Gasteiger partial charge in [0, 0.05) is 13.5 Å². The van der Waals surface area contributed by atoms with Gasteiger partial charge in [-0.2, -0.15) is 0 Å². The van der Waals surface area contributed by atoms with Crippen LogP contribution in [0.3, 0.4) is 0 Å². The highest BCUT2D eigenvalue weighted by Crippen LogP contribution is 2.16. The summed E-state index contributed by atoms with van der Waals surface area (Å²) < 4.78 is 4.79. The Balaban J connectivity index is 1.79. The Morgan fingerprint density at radius 2 is 2.21 bits per heavy atom. The molecule has 1 aromatic carbocycles. The minimum Gasteiger partial charge on any atom is -0.382 e. The lowest BCUT2D eigenvalue weighted by Gasteiger charge is -2.09. The topological polar surface area (TPSA) is 69.2 Å². The number of hydrogen-bond acceptors (Lipinski definition) is 5. The van der Waals surface area contributed by atoms with Crippen LogP contribution in [0.5, 0.6) is 0 Å². The van der Waals surface area contributed by atoms with E-state index in [2.05, 4.69) is 10.6 Å². The molecule has 1 amide bonds. The number of nitrogens with zero attached hydrogens (tertiary/aromatic N) is 1. The van der Waals surface area contributed by atoms with E-state index >= 15 is 0 Å². The van der Waals surface area contributed by atoms with Crippen molar-refractivity contribution in [1.82, 2.24) is 5.48 Å². The van der Waals surface area contributed by atoms with Crippen LogP contribution in [0.25, 0.3) is 0 Å². The summed E-state index contributed by atoms with van der Waals surface area (Å²) in [6.07, 6.45) is -0.207. The molecule has 1 aliphatic rings. The zero-order chi connectivity index (χ0) is 13.5. The maximum absolute atomic E-state index is 11.7. The number of oxime groups is 1. The van der Waals surface area contributed by atoms with Crippen molar-refractivity contribution in [2.24, 2.45) is 5.16 Å². The van der Waals surface area contributed by atoms with E-state index in [0.29, 0.717) is 19.6 Å². The molecule has 0 saturated carbocycles. The van der Waals surface area contributed by atoms with Crippen LogP contribution in [-0.2, 0) is 19.2 Å². The standard InChI is InChI=1S/C13H16N2O4/c1-17-7-8-18-15-13(16)12-9-11(14-19-12)10-5-3-2-4-6-10/h2-6,12H,7-9H2,1H3,(H,15,16). The molecule has 1 heterocycles. The van der Waals surface area contributed by atoms with Crippen LogP contribution >= 0.6 is 0 Å². The smallest absolute Gasteiger partial charge is 0.287 e. The monoisotopic (exact) mass is 264 g/mol. The maximum atomic E-state index is 11.7. The van der Waals surface area contributed by atoms with Crippen LogP contribution < -0.4 is 5.48 Å². The Kier molecular flexibility index (Phi) is 4.88. The van der Waals surface area contributed by atoms with Crippen molar-refractivity contribution in [3.8, 4) is 0 Å². The van der Waals surface area contributed by atoms with Crippen LogP contribution in [0.1, 0.15) is 12.0 Å². The fourth-order valence-electron chi connectivity index (χ4n) is 1.63. The highest BCUT2D eigenvalue weighted by Gasteiger charge is 2.28. The molecule has 0 radical (unpaired) electrons. The summed E-state index contributed by atoms with van der Waals surface area (Å²) in [5, 5.41) is 3.93. The number of hydrogen-bond donors (Lipinski definition) is 1. The largest absolute Gasteiger partial charge is 0.382 e. The van der Waals surface area contributed by atoms with Crippen molar-refractivity contribution in [2.45, 2.75) is 12.5 Å². The molecule has 0 fully saturated rings. The summed E-state index contributed by atoms with van der Waals surface area (Å²) in [5.74, 6) is -0.342. The van der Waals surface area contributed by atoms with Gasteiger partial charge in [-0.15, -0.1) is 0 Å². The molecular weight excluding hydrogens is 248 g/mol. The highest BCUT2D eigenvalue weighted by atomic mass is 16.7. The third-order valence-corrected chi connectivity index (χ3v) is 2.63. The van der Waals surface area contributed by atoms with Crippen molar-refractivity contribution in [2.75, 3.05) is 20.3 Å². The van der Waals surface area contributed by atoms with Gasteiger partial charge in [0.25, 0.3) is 5.91 Å². The van der Waals surface area contributed by atoms with Gasteiger partial charge < -0.3 is 9.57 Å². The first-order chi connectivity index (χ1) is 9.31. The minimum absolute atomic E-state index is 0.293. The molecule has 0 aromatic heterocycles. The second-order valence-electron chi connectivity index (χ2n) is 4.01. The number of rotatable bonds is 6. The van der Waals surface area contributed by atoms with Gasteiger partial charge >= 0.3 is 0 Å². The van der Waals surface area contributed by atoms with Gasteiger partial charge in [0.2, 0.25) is 6.10 Å². The van der Waals surface area contributed by atoms with Crippen LogP contribution in [0.2, 0.25) is 0 Å². The predicted octanol–water partition coefficient (Wildman–Crippen LogP) is 0.874. The minimum atomic E-state index is -0.641. The lowest BCUT2D eigenvalue weighted by Crippen LogP contribution is -2.35. The zero-order valence-corrected chi connectivity index (χ0v) is 10.7.